The Kier molecular flexibility index (Phi) is 7.37. The lowest BCUT2D eigenvalue weighted by atomic mass is 10.2. The second-order valence-electron chi connectivity index (χ2n) is 7.15. The van der Waals surface area contributed by atoms with Gasteiger partial charge in [0.1, 0.15) is 11.5 Å². The van der Waals surface area contributed by atoms with E-state index in [2.05, 4.69) is 10.0 Å². The van der Waals surface area contributed by atoms with Gasteiger partial charge in [0.2, 0.25) is 0 Å². The van der Waals surface area contributed by atoms with E-state index >= 15 is 0 Å². The van der Waals surface area contributed by atoms with Crippen molar-refractivity contribution < 1.29 is 22.7 Å². The minimum absolute atomic E-state index is 0.0772. The van der Waals surface area contributed by atoms with Crippen molar-refractivity contribution in [2.45, 2.75) is 31.8 Å². The lowest BCUT2D eigenvalue weighted by Crippen LogP contribution is -2.30. The second kappa shape index (κ2) is 10.2. The Bertz CT molecular complexity index is 1140. The first-order valence-electron chi connectivity index (χ1n) is 10.2. The summed E-state index contributed by atoms with van der Waals surface area (Å²) in [5.74, 6) is 0.921. The SMILES string of the molecule is CCOc1ccc(NS(=O)(=O)c2ccc(NC(=O)[C@@H](C)Oc3ccc(C)cc3)cc2)cc1. The summed E-state index contributed by atoms with van der Waals surface area (Å²) in [5.41, 5.74) is 1.99. The molecular weight excluding hydrogens is 428 g/mol. The zero-order valence-corrected chi connectivity index (χ0v) is 19.0. The van der Waals surface area contributed by atoms with Crippen LogP contribution in [0.1, 0.15) is 19.4 Å². The van der Waals surface area contributed by atoms with Gasteiger partial charge in [-0.2, -0.15) is 0 Å². The van der Waals surface area contributed by atoms with Crippen LogP contribution in [0.4, 0.5) is 11.4 Å². The van der Waals surface area contributed by atoms with Gasteiger partial charge in [-0.1, -0.05) is 17.7 Å². The molecule has 0 aliphatic rings. The molecule has 3 aromatic rings. The summed E-state index contributed by atoms with van der Waals surface area (Å²) in [7, 11) is -3.77. The van der Waals surface area contributed by atoms with Crippen molar-refractivity contribution >= 4 is 27.3 Å². The van der Waals surface area contributed by atoms with Crippen LogP contribution in [0.25, 0.3) is 0 Å². The lowest BCUT2D eigenvalue weighted by molar-refractivity contribution is -0.122. The lowest BCUT2D eigenvalue weighted by Gasteiger charge is -2.15. The van der Waals surface area contributed by atoms with Gasteiger partial charge >= 0.3 is 0 Å². The third-order valence-corrected chi connectivity index (χ3v) is 5.95. The van der Waals surface area contributed by atoms with Crippen LogP contribution in [0.3, 0.4) is 0 Å². The highest BCUT2D eigenvalue weighted by Gasteiger charge is 2.17. The Morgan fingerprint density at radius 2 is 1.44 bits per heavy atom. The molecule has 0 aromatic heterocycles. The van der Waals surface area contributed by atoms with Gasteiger partial charge in [0.25, 0.3) is 15.9 Å². The molecule has 0 radical (unpaired) electrons. The molecule has 0 bridgehead atoms. The van der Waals surface area contributed by atoms with Crippen molar-refractivity contribution in [2.75, 3.05) is 16.6 Å². The molecule has 0 saturated carbocycles. The zero-order valence-electron chi connectivity index (χ0n) is 18.2. The van der Waals surface area contributed by atoms with Crippen molar-refractivity contribution in [3.05, 3.63) is 78.4 Å². The summed E-state index contributed by atoms with van der Waals surface area (Å²) in [5, 5.41) is 2.73. The number of aryl methyl sites for hydroxylation is 1. The van der Waals surface area contributed by atoms with Crippen molar-refractivity contribution in [1.82, 2.24) is 0 Å². The van der Waals surface area contributed by atoms with E-state index in [0.717, 1.165) is 5.56 Å². The van der Waals surface area contributed by atoms with Crippen LogP contribution in [0.5, 0.6) is 11.5 Å². The Labute approximate surface area is 188 Å². The fourth-order valence-electron chi connectivity index (χ4n) is 2.84. The molecule has 168 valence electrons. The quantitative estimate of drug-likeness (QED) is 0.493. The number of anilines is 2. The number of sulfonamides is 1. The molecule has 0 aliphatic carbocycles. The number of carbonyl (C=O) groups excluding carboxylic acids is 1. The third kappa shape index (κ3) is 6.24. The van der Waals surface area contributed by atoms with Gasteiger partial charge in [-0.25, -0.2) is 8.42 Å². The molecule has 1 atom stereocenters. The van der Waals surface area contributed by atoms with E-state index in [1.165, 1.54) is 24.3 Å². The average molecular weight is 455 g/mol. The van der Waals surface area contributed by atoms with Gasteiger partial charge < -0.3 is 14.8 Å². The summed E-state index contributed by atoms with van der Waals surface area (Å²) in [6, 6.07) is 20.0. The maximum Gasteiger partial charge on any atom is 0.265 e. The number of benzene rings is 3. The number of nitrogens with one attached hydrogen (secondary N) is 2. The van der Waals surface area contributed by atoms with Crippen LogP contribution in [0.2, 0.25) is 0 Å². The van der Waals surface area contributed by atoms with Crippen LogP contribution in [0.15, 0.2) is 77.7 Å². The number of ether oxygens (including phenoxy) is 2. The summed E-state index contributed by atoms with van der Waals surface area (Å²) in [4.78, 5) is 12.5. The summed E-state index contributed by atoms with van der Waals surface area (Å²) in [6.07, 6.45) is -0.720. The second-order valence-corrected chi connectivity index (χ2v) is 8.83. The first-order chi connectivity index (χ1) is 15.3. The number of amides is 1. The Morgan fingerprint density at radius 1 is 0.875 bits per heavy atom. The van der Waals surface area contributed by atoms with Crippen molar-refractivity contribution in [2.24, 2.45) is 0 Å². The van der Waals surface area contributed by atoms with Crippen LogP contribution >= 0.6 is 0 Å². The maximum atomic E-state index is 12.6. The van der Waals surface area contributed by atoms with Crippen molar-refractivity contribution in [1.29, 1.82) is 0 Å². The van der Waals surface area contributed by atoms with E-state index in [-0.39, 0.29) is 10.8 Å². The van der Waals surface area contributed by atoms with Gasteiger partial charge in [0.15, 0.2) is 6.10 Å². The van der Waals surface area contributed by atoms with Crippen molar-refractivity contribution in [3.63, 3.8) is 0 Å². The molecule has 0 spiro atoms. The fourth-order valence-corrected chi connectivity index (χ4v) is 3.89. The predicted molar refractivity (Wildman–Crippen MR) is 125 cm³/mol. The molecule has 0 aliphatic heterocycles. The highest BCUT2D eigenvalue weighted by Crippen LogP contribution is 2.21. The van der Waals surface area contributed by atoms with Gasteiger partial charge in [-0.15, -0.1) is 0 Å². The molecule has 7 nitrogen and oxygen atoms in total. The van der Waals surface area contributed by atoms with Crippen LogP contribution in [0, 0.1) is 6.92 Å². The summed E-state index contributed by atoms with van der Waals surface area (Å²) in [6.45, 7) is 6.03. The normalized spacial score (nSPS) is 12.0. The molecule has 2 N–H and O–H groups in total. The molecule has 0 heterocycles. The van der Waals surface area contributed by atoms with E-state index in [0.29, 0.717) is 29.5 Å². The summed E-state index contributed by atoms with van der Waals surface area (Å²) < 4.78 is 38.8. The molecule has 0 saturated heterocycles. The third-order valence-electron chi connectivity index (χ3n) is 4.55. The Hall–Kier alpha value is -3.52. The highest BCUT2D eigenvalue weighted by atomic mass is 32.2. The monoisotopic (exact) mass is 454 g/mol. The Balaban J connectivity index is 1.60. The molecule has 8 heteroatoms. The number of hydrogen-bond acceptors (Lipinski definition) is 5. The first kappa shape index (κ1) is 23.1. The van der Waals surface area contributed by atoms with E-state index in [1.807, 2.05) is 26.0 Å². The maximum absolute atomic E-state index is 12.6. The van der Waals surface area contributed by atoms with E-state index in [1.54, 1.807) is 43.3 Å². The van der Waals surface area contributed by atoms with Gasteiger partial charge in [0, 0.05) is 11.4 Å². The standard InChI is InChI=1S/C24H26N2O5S/c1-4-30-21-13-7-20(8-14-21)26-32(28,29)23-15-9-19(10-16-23)25-24(27)18(3)31-22-11-5-17(2)6-12-22/h5-16,18,26H,4H2,1-3H3,(H,25,27)/t18-/m1/s1. The van der Waals surface area contributed by atoms with Gasteiger partial charge in [-0.3, -0.25) is 9.52 Å². The van der Waals surface area contributed by atoms with E-state index in [4.69, 9.17) is 9.47 Å². The van der Waals surface area contributed by atoms with Gasteiger partial charge in [-0.05, 0) is 81.4 Å². The fraction of sp³-hybridized carbons (Fsp3) is 0.208. The smallest absolute Gasteiger partial charge is 0.265 e. The minimum Gasteiger partial charge on any atom is -0.494 e. The highest BCUT2D eigenvalue weighted by molar-refractivity contribution is 7.92. The summed E-state index contributed by atoms with van der Waals surface area (Å²) >= 11 is 0. The Morgan fingerprint density at radius 3 is 2.03 bits per heavy atom. The number of carbonyl (C=O) groups is 1. The van der Waals surface area contributed by atoms with Crippen LogP contribution in [-0.4, -0.2) is 27.0 Å². The minimum atomic E-state index is -3.77. The van der Waals surface area contributed by atoms with Crippen LogP contribution < -0.4 is 19.5 Å². The van der Waals surface area contributed by atoms with Crippen LogP contribution in [-0.2, 0) is 14.8 Å². The topological polar surface area (TPSA) is 93.7 Å². The molecule has 0 fully saturated rings. The predicted octanol–water partition coefficient (Wildman–Crippen LogP) is 4.60. The molecule has 0 unspecified atom stereocenters. The molecule has 3 aromatic carbocycles. The van der Waals surface area contributed by atoms with Crippen molar-refractivity contribution in [3.8, 4) is 11.5 Å². The van der Waals surface area contributed by atoms with E-state index < -0.39 is 16.1 Å². The molecule has 3 rings (SSSR count). The van der Waals surface area contributed by atoms with E-state index in [9.17, 15) is 13.2 Å². The molecular formula is C24H26N2O5S. The first-order valence-corrected chi connectivity index (χ1v) is 11.6. The van der Waals surface area contributed by atoms with Gasteiger partial charge in [0.05, 0.1) is 11.5 Å². The molecule has 32 heavy (non-hydrogen) atoms. The number of hydrogen-bond donors (Lipinski definition) is 2. The number of rotatable bonds is 9. The largest absolute Gasteiger partial charge is 0.494 e. The zero-order chi connectivity index (χ0) is 23.1. The average Bonchev–Trinajstić information content (AvgIpc) is 2.77. The molecule has 1 amide bonds.